The molecular weight excluding hydrogens is 412 g/mol. The Balaban J connectivity index is 1.72. The summed E-state index contributed by atoms with van der Waals surface area (Å²) in [5.41, 5.74) is 9.06. The number of fused-ring (bicyclic) bond motifs is 1. The number of hydrogen-bond acceptors (Lipinski definition) is 3. The number of hydrogen-bond donors (Lipinski definition) is 2. The first-order chi connectivity index (χ1) is 15.8. The van der Waals surface area contributed by atoms with Gasteiger partial charge in [0.15, 0.2) is 0 Å². The van der Waals surface area contributed by atoms with Crippen LogP contribution in [0.5, 0.6) is 11.5 Å². The first-order valence-corrected chi connectivity index (χ1v) is 11.6. The van der Waals surface area contributed by atoms with Gasteiger partial charge in [0.05, 0.1) is 5.92 Å². The molecule has 2 N–H and O–H groups in total. The number of carboxylic acid groups (broad SMARTS) is 1. The molecule has 0 heterocycles. The van der Waals surface area contributed by atoms with E-state index in [0.717, 1.165) is 12.8 Å². The van der Waals surface area contributed by atoms with Gasteiger partial charge in [0, 0.05) is 5.92 Å². The SMILES string of the molecule is Cc1ccc(C2CCc3cc(O)ccc3C2c2ccc(OCC(C)C(=O)O)cc2)c(C)c1C. The van der Waals surface area contributed by atoms with Gasteiger partial charge in [-0.25, -0.2) is 0 Å². The molecule has 0 amide bonds. The maximum Gasteiger partial charge on any atom is 0.309 e. The highest BCUT2D eigenvalue weighted by Gasteiger charge is 2.33. The van der Waals surface area contributed by atoms with Gasteiger partial charge in [-0.1, -0.05) is 30.3 Å². The van der Waals surface area contributed by atoms with Crippen molar-refractivity contribution in [2.45, 2.75) is 52.4 Å². The second-order valence-corrected chi connectivity index (χ2v) is 9.35. The van der Waals surface area contributed by atoms with E-state index in [-0.39, 0.29) is 12.5 Å². The lowest BCUT2D eigenvalue weighted by Crippen LogP contribution is -2.21. The van der Waals surface area contributed by atoms with Crippen molar-refractivity contribution in [3.8, 4) is 11.5 Å². The summed E-state index contributed by atoms with van der Waals surface area (Å²) in [4.78, 5) is 11.1. The molecule has 0 spiro atoms. The molecule has 4 rings (SSSR count). The van der Waals surface area contributed by atoms with Crippen LogP contribution < -0.4 is 4.74 Å². The third kappa shape index (κ3) is 4.61. The normalized spacial score (nSPS) is 18.4. The van der Waals surface area contributed by atoms with Crippen LogP contribution >= 0.6 is 0 Å². The van der Waals surface area contributed by atoms with Gasteiger partial charge in [-0.05, 0) is 110 Å². The molecule has 0 fully saturated rings. The maximum atomic E-state index is 11.1. The maximum absolute atomic E-state index is 11.1. The predicted molar refractivity (Wildman–Crippen MR) is 130 cm³/mol. The van der Waals surface area contributed by atoms with Crippen LogP contribution in [0.25, 0.3) is 0 Å². The minimum Gasteiger partial charge on any atom is -0.508 e. The summed E-state index contributed by atoms with van der Waals surface area (Å²) in [5.74, 6) is 0.0689. The molecule has 3 aromatic rings. The van der Waals surface area contributed by atoms with E-state index in [0.29, 0.717) is 17.4 Å². The zero-order chi connectivity index (χ0) is 23.7. The zero-order valence-corrected chi connectivity index (χ0v) is 19.8. The molecule has 4 heteroatoms. The van der Waals surface area contributed by atoms with E-state index < -0.39 is 11.9 Å². The summed E-state index contributed by atoms with van der Waals surface area (Å²) in [6.07, 6.45) is 1.95. The van der Waals surface area contributed by atoms with Gasteiger partial charge in [-0.15, -0.1) is 0 Å². The molecule has 0 aliphatic heterocycles. The molecule has 0 bridgehead atoms. The number of aliphatic carboxylic acids is 1. The Morgan fingerprint density at radius 1 is 1.00 bits per heavy atom. The molecule has 172 valence electrons. The highest BCUT2D eigenvalue weighted by Crippen LogP contribution is 2.48. The minimum absolute atomic E-state index is 0.144. The van der Waals surface area contributed by atoms with Crippen molar-refractivity contribution in [3.05, 3.63) is 93.5 Å². The second kappa shape index (κ2) is 9.30. The first kappa shape index (κ1) is 22.9. The van der Waals surface area contributed by atoms with Crippen molar-refractivity contribution < 1.29 is 19.7 Å². The van der Waals surface area contributed by atoms with Gasteiger partial charge in [0.25, 0.3) is 0 Å². The van der Waals surface area contributed by atoms with Gasteiger partial charge in [-0.2, -0.15) is 0 Å². The van der Waals surface area contributed by atoms with Crippen LogP contribution in [0.2, 0.25) is 0 Å². The minimum atomic E-state index is -0.861. The van der Waals surface area contributed by atoms with Crippen molar-refractivity contribution >= 4 is 5.97 Å². The molecule has 1 aliphatic rings. The van der Waals surface area contributed by atoms with E-state index >= 15 is 0 Å². The molecule has 0 radical (unpaired) electrons. The summed E-state index contributed by atoms with van der Waals surface area (Å²) in [7, 11) is 0. The van der Waals surface area contributed by atoms with Crippen molar-refractivity contribution in [1.82, 2.24) is 0 Å². The number of aryl methyl sites for hydroxylation is 2. The fraction of sp³-hybridized carbons (Fsp3) is 0.345. The molecule has 4 nitrogen and oxygen atoms in total. The van der Waals surface area contributed by atoms with E-state index in [4.69, 9.17) is 9.84 Å². The van der Waals surface area contributed by atoms with E-state index in [2.05, 4.69) is 51.1 Å². The molecule has 1 aliphatic carbocycles. The van der Waals surface area contributed by atoms with Crippen molar-refractivity contribution in [3.63, 3.8) is 0 Å². The van der Waals surface area contributed by atoms with E-state index in [1.54, 1.807) is 13.0 Å². The standard InChI is InChI=1S/C29H32O4/c1-17-5-12-25(20(4)19(17)3)27-13-8-22-15-23(30)9-14-26(22)28(27)21-6-10-24(11-7-21)33-16-18(2)29(31)32/h5-7,9-12,14-15,18,27-28,30H,8,13,16H2,1-4H3,(H,31,32). The number of ether oxygens (including phenoxy) is 1. The molecule has 0 saturated carbocycles. The van der Waals surface area contributed by atoms with Crippen molar-refractivity contribution in [2.75, 3.05) is 6.61 Å². The van der Waals surface area contributed by atoms with Crippen LogP contribution in [0.1, 0.15) is 64.1 Å². The lowest BCUT2D eigenvalue weighted by atomic mass is 9.68. The number of carbonyl (C=O) groups is 1. The monoisotopic (exact) mass is 444 g/mol. The van der Waals surface area contributed by atoms with Crippen LogP contribution in [0.15, 0.2) is 54.6 Å². The van der Waals surface area contributed by atoms with Gasteiger partial charge in [-0.3, -0.25) is 4.79 Å². The summed E-state index contributed by atoms with van der Waals surface area (Å²) in [6, 6.07) is 18.3. The average molecular weight is 445 g/mol. The van der Waals surface area contributed by atoms with Gasteiger partial charge in [0.1, 0.15) is 18.1 Å². The Kier molecular flexibility index (Phi) is 6.46. The van der Waals surface area contributed by atoms with Crippen molar-refractivity contribution in [2.24, 2.45) is 5.92 Å². The number of phenols is 1. The first-order valence-electron chi connectivity index (χ1n) is 11.6. The Morgan fingerprint density at radius 3 is 2.39 bits per heavy atom. The summed E-state index contributed by atoms with van der Waals surface area (Å²) < 4.78 is 5.70. The Morgan fingerprint density at radius 2 is 1.70 bits per heavy atom. The van der Waals surface area contributed by atoms with E-state index in [9.17, 15) is 9.90 Å². The summed E-state index contributed by atoms with van der Waals surface area (Å²) >= 11 is 0. The van der Waals surface area contributed by atoms with Crippen LogP contribution in [-0.2, 0) is 11.2 Å². The fourth-order valence-electron chi connectivity index (χ4n) is 5.00. The lowest BCUT2D eigenvalue weighted by molar-refractivity contribution is -0.142. The lowest BCUT2D eigenvalue weighted by Gasteiger charge is -2.36. The second-order valence-electron chi connectivity index (χ2n) is 9.35. The molecule has 3 atom stereocenters. The van der Waals surface area contributed by atoms with Crippen LogP contribution in [-0.4, -0.2) is 22.8 Å². The number of aromatic hydroxyl groups is 1. The van der Waals surface area contributed by atoms with Crippen molar-refractivity contribution in [1.29, 1.82) is 0 Å². The van der Waals surface area contributed by atoms with Gasteiger partial charge >= 0.3 is 5.97 Å². The number of rotatable bonds is 6. The Labute approximate surface area is 195 Å². The zero-order valence-electron chi connectivity index (χ0n) is 19.8. The fourth-order valence-corrected chi connectivity index (χ4v) is 5.00. The Bertz CT molecular complexity index is 1160. The topological polar surface area (TPSA) is 66.8 Å². The van der Waals surface area contributed by atoms with E-state index in [1.807, 2.05) is 18.2 Å². The quantitative estimate of drug-likeness (QED) is 0.470. The number of benzene rings is 3. The number of phenolic OH excluding ortho intramolecular Hbond substituents is 1. The smallest absolute Gasteiger partial charge is 0.309 e. The van der Waals surface area contributed by atoms with E-state index in [1.165, 1.54) is 38.9 Å². The molecule has 33 heavy (non-hydrogen) atoms. The molecule has 3 unspecified atom stereocenters. The summed E-state index contributed by atoms with van der Waals surface area (Å²) in [5, 5.41) is 19.1. The largest absolute Gasteiger partial charge is 0.508 e. The van der Waals surface area contributed by atoms with Gasteiger partial charge in [0.2, 0.25) is 0 Å². The molecule has 3 aromatic carbocycles. The molecular formula is C29H32O4. The highest BCUT2D eigenvalue weighted by molar-refractivity contribution is 5.69. The third-order valence-corrected chi connectivity index (χ3v) is 7.25. The summed E-state index contributed by atoms with van der Waals surface area (Å²) in [6.45, 7) is 8.36. The third-order valence-electron chi connectivity index (χ3n) is 7.25. The van der Waals surface area contributed by atoms with Crippen LogP contribution in [0.3, 0.4) is 0 Å². The number of carboxylic acids is 1. The van der Waals surface area contributed by atoms with Crippen LogP contribution in [0.4, 0.5) is 0 Å². The van der Waals surface area contributed by atoms with Gasteiger partial charge < -0.3 is 14.9 Å². The molecule has 0 saturated heterocycles. The highest BCUT2D eigenvalue weighted by atomic mass is 16.5. The predicted octanol–water partition coefficient (Wildman–Crippen LogP) is 6.28. The Hall–Kier alpha value is -3.27. The van der Waals surface area contributed by atoms with Crippen LogP contribution in [0, 0.1) is 26.7 Å². The molecule has 0 aromatic heterocycles. The average Bonchev–Trinajstić information content (AvgIpc) is 2.81.